The van der Waals surface area contributed by atoms with Crippen LogP contribution in [0.2, 0.25) is 0 Å². The van der Waals surface area contributed by atoms with Crippen LogP contribution in [0.15, 0.2) is 29.2 Å². The second kappa shape index (κ2) is 8.07. The Labute approximate surface area is 186 Å². The average Bonchev–Trinajstić information content (AvgIpc) is 2.87. The molecule has 1 aromatic rings. The highest BCUT2D eigenvalue weighted by atomic mass is 32.2. The van der Waals surface area contributed by atoms with Crippen LogP contribution in [0.4, 0.5) is 4.79 Å². The summed E-state index contributed by atoms with van der Waals surface area (Å²) in [6.07, 6.45) is 10.1. The summed E-state index contributed by atoms with van der Waals surface area (Å²) in [5, 5.41) is 6.55. The van der Waals surface area contributed by atoms with E-state index in [1.807, 2.05) is 19.1 Å². The van der Waals surface area contributed by atoms with Gasteiger partial charge in [-0.25, -0.2) is 13.2 Å². The fourth-order valence-corrected chi connectivity index (χ4v) is 8.69. The molecule has 4 fully saturated rings. The fourth-order valence-electron chi connectivity index (χ4n) is 6.99. The highest BCUT2D eigenvalue weighted by Crippen LogP contribution is 2.55. The maximum atomic E-state index is 13.0. The van der Waals surface area contributed by atoms with Crippen molar-refractivity contribution in [3.63, 3.8) is 0 Å². The van der Waals surface area contributed by atoms with Crippen LogP contribution in [0.25, 0.3) is 0 Å². The van der Waals surface area contributed by atoms with Gasteiger partial charge >= 0.3 is 6.03 Å². The quantitative estimate of drug-likeness (QED) is 0.740. The molecule has 0 radical (unpaired) electrons. The van der Waals surface area contributed by atoms with Crippen LogP contribution >= 0.6 is 0 Å². The van der Waals surface area contributed by atoms with Crippen molar-refractivity contribution in [2.24, 2.45) is 17.8 Å². The predicted octanol–water partition coefficient (Wildman–Crippen LogP) is 3.81. The number of nitrogens with one attached hydrogen (secondary N) is 2. The van der Waals surface area contributed by atoms with Crippen molar-refractivity contribution in [2.45, 2.75) is 81.2 Å². The molecule has 31 heavy (non-hydrogen) atoms. The van der Waals surface area contributed by atoms with E-state index in [4.69, 9.17) is 0 Å². The molecule has 6 nitrogen and oxygen atoms in total. The van der Waals surface area contributed by atoms with Crippen molar-refractivity contribution in [2.75, 3.05) is 13.1 Å². The zero-order chi connectivity index (χ0) is 21.6. The van der Waals surface area contributed by atoms with Gasteiger partial charge in [-0.05, 0) is 74.8 Å². The molecular formula is C24H35N3O3S. The van der Waals surface area contributed by atoms with Crippen molar-refractivity contribution in [3.05, 3.63) is 29.8 Å². The summed E-state index contributed by atoms with van der Waals surface area (Å²) in [6.45, 7) is 2.72. The van der Waals surface area contributed by atoms with E-state index in [1.165, 1.54) is 25.7 Å². The van der Waals surface area contributed by atoms with E-state index in [1.54, 1.807) is 16.4 Å². The summed E-state index contributed by atoms with van der Waals surface area (Å²) in [5.41, 5.74) is 0.769. The zero-order valence-electron chi connectivity index (χ0n) is 18.5. The highest BCUT2D eigenvalue weighted by molar-refractivity contribution is 7.89. The molecule has 1 saturated heterocycles. The number of aryl methyl sites for hydroxylation is 1. The molecule has 3 saturated carbocycles. The molecule has 7 heteroatoms. The fraction of sp³-hybridized carbons (Fsp3) is 0.708. The summed E-state index contributed by atoms with van der Waals surface area (Å²) in [4.78, 5) is 13.3. The van der Waals surface area contributed by atoms with E-state index in [2.05, 4.69) is 10.6 Å². The third-order valence-corrected chi connectivity index (χ3v) is 10.4. The van der Waals surface area contributed by atoms with Gasteiger partial charge in [0.05, 0.1) is 4.90 Å². The van der Waals surface area contributed by atoms with E-state index < -0.39 is 10.0 Å². The number of carbonyl (C=O) groups excluding carboxylic acids is 1. The van der Waals surface area contributed by atoms with Gasteiger partial charge in [0, 0.05) is 24.7 Å². The molecule has 170 valence electrons. The number of sulfonamides is 1. The Morgan fingerprint density at radius 2 is 1.77 bits per heavy atom. The van der Waals surface area contributed by atoms with Crippen LogP contribution in [0.5, 0.6) is 0 Å². The number of fused-ring (bicyclic) bond motifs is 2. The number of rotatable bonds is 4. The Bertz CT molecular complexity index is 937. The maximum absolute atomic E-state index is 13.0. The number of amides is 2. The molecule has 1 heterocycles. The molecule has 4 unspecified atom stereocenters. The first-order valence-corrected chi connectivity index (χ1v) is 13.4. The number of benzene rings is 1. The number of nitrogens with zero attached hydrogens (tertiary/aromatic N) is 1. The molecule has 0 spiro atoms. The first-order chi connectivity index (χ1) is 14.8. The normalized spacial score (nSPS) is 33.8. The van der Waals surface area contributed by atoms with Gasteiger partial charge in [0.1, 0.15) is 0 Å². The minimum absolute atomic E-state index is 0.00235. The molecule has 2 amide bonds. The van der Waals surface area contributed by atoms with Gasteiger partial charge < -0.3 is 10.6 Å². The first kappa shape index (κ1) is 21.3. The van der Waals surface area contributed by atoms with Crippen LogP contribution in [-0.4, -0.2) is 43.4 Å². The summed E-state index contributed by atoms with van der Waals surface area (Å²) < 4.78 is 27.6. The standard InChI is InChI=1S/C24H35N3O3S/c1-17-5-2-3-8-22(17)31(29,30)27-11-9-21(10-12-27)25-23(28)26-24-14-18-6-4-7-19(15-24)20(13-18)16-24/h2-3,5,8,18-21H,4,6-7,9-16H2,1H3,(H2,25,26,28). The van der Waals surface area contributed by atoms with Crippen molar-refractivity contribution >= 4 is 16.1 Å². The summed E-state index contributed by atoms with van der Waals surface area (Å²) in [5.74, 6) is 2.38. The second-order valence-electron chi connectivity index (χ2n) is 10.5. The van der Waals surface area contributed by atoms with E-state index in [0.29, 0.717) is 30.8 Å². The van der Waals surface area contributed by atoms with Gasteiger partial charge in [0.15, 0.2) is 0 Å². The van der Waals surface area contributed by atoms with E-state index in [-0.39, 0.29) is 17.6 Å². The molecule has 1 aromatic carbocycles. The lowest BCUT2D eigenvalue weighted by molar-refractivity contribution is 0.173. The molecule has 3 bridgehead atoms. The van der Waals surface area contributed by atoms with Crippen molar-refractivity contribution in [1.82, 2.24) is 14.9 Å². The lowest BCUT2D eigenvalue weighted by Crippen LogP contribution is -2.56. The topological polar surface area (TPSA) is 78.5 Å². The molecule has 4 aliphatic rings. The number of hydrogen-bond acceptors (Lipinski definition) is 3. The van der Waals surface area contributed by atoms with Crippen LogP contribution in [0.1, 0.15) is 63.4 Å². The van der Waals surface area contributed by atoms with Crippen molar-refractivity contribution < 1.29 is 13.2 Å². The lowest BCUT2D eigenvalue weighted by atomic mass is 9.75. The van der Waals surface area contributed by atoms with Crippen LogP contribution in [-0.2, 0) is 10.0 Å². The van der Waals surface area contributed by atoms with Gasteiger partial charge in [-0.1, -0.05) is 37.5 Å². The van der Waals surface area contributed by atoms with E-state index in [9.17, 15) is 13.2 Å². The van der Waals surface area contributed by atoms with Gasteiger partial charge in [-0.15, -0.1) is 0 Å². The molecule has 2 N–H and O–H groups in total. The first-order valence-electron chi connectivity index (χ1n) is 12.0. The third kappa shape index (κ3) is 4.11. The van der Waals surface area contributed by atoms with Crippen LogP contribution in [0, 0.1) is 24.7 Å². The Balaban J connectivity index is 1.16. The van der Waals surface area contributed by atoms with Gasteiger partial charge in [0.25, 0.3) is 0 Å². The third-order valence-electron chi connectivity index (χ3n) is 8.35. The SMILES string of the molecule is Cc1ccccc1S(=O)(=O)N1CCC(NC(=O)NC23CC4CCCC(C2)C(C4)C3)CC1. The Morgan fingerprint density at radius 3 is 2.55 bits per heavy atom. The zero-order valence-corrected chi connectivity index (χ0v) is 19.3. The smallest absolute Gasteiger partial charge is 0.315 e. The Morgan fingerprint density at radius 1 is 1.03 bits per heavy atom. The largest absolute Gasteiger partial charge is 0.335 e. The number of hydrogen-bond donors (Lipinski definition) is 2. The Hall–Kier alpha value is -1.60. The molecular weight excluding hydrogens is 410 g/mol. The molecule has 3 aliphatic carbocycles. The highest BCUT2D eigenvalue weighted by Gasteiger charge is 2.52. The van der Waals surface area contributed by atoms with Gasteiger partial charge in [-0.3, -0.25) is 0 Å². The minimum atomic E-state index is -3.48. The van der Waals surface area contributed by atoms with Crippen LogP contribution < -0.4 is 10.6 Å². The summed E-state index contributed by atoms with van der Waals surface area (Å²) in [6, 6.07) is 7.11. The molecule has 1 aliphatic heterocycles. The van der Waals surface area contributed by atoms with Gasteiger partial charge in [-0.2, -0.15) is 4.31 Å². The number of urea groups is 1. The maximum Gasteiger partial charge on any atom is 0.315 e. The summed E-state index contributed by atoms with van der Waals surface area (Å²) >= 11 is 0. The predicted molar refractivity (Wildman–Crippen MR) is 120 cm³/mol. The second-order valence-corrected chi connectivity index (χ2v) is 12.4. The van der Waals surface area contributed by atoms with Crippen molar-refractivity contribution in [1.29, 1.82) is 0 Å². The average molecular weight is 446 g/mol. The summed E-state index contributed by atoms with van der Waals surface area (Å²) in [7, 11) is -3.48. The Kier molecular flexibility index (Phi) is 5.53. The number of carbonyl (C=O) groups is 1. The lowest BCUT2D eigenvalue weighted by Gasteiger charge is -2.39. The molecule has 0 aromatic heterocycles. The van der Waals surface area contributed by atoms with E-state index >= 15 is 0 Å². The molecule has 5 rings (SSSR count). The van der Waals surface area contributed by atoms with Crippen molar-refractivity contribution in [3.8, 4) is 0 Å². The monoisotopic (exact) mass is 445 g/mol. The number of piperidine rings is 1. The molecule has 4 atom stereocenters. The van der Waals surface area contributed by atoms with E-state index in [0.717, 1.165) is 42.6 Å². The van der Waals surface area contributed by atoms with Crippen LogP contribution in [0.3, 0.4) is 0 Å². The van der Waals surface area contributed by atoms with Gasteiger partial charge in [0.2, 0.25) is 10.0 Å². The minimum Gasteiger partial charge on any atom is -0.335 e.